The molecule has 0 radical (unpaired) electrons. The van der Waals surface area contributed by atoms with Gasteiger partial charge in [0.1, 0.15) is 0 Å². The van der Waals surface area contributed by atoms with E-state index in [9.17, 15) is 30.0 Å². The zero-order valence-corrected chi connectivity index (χ0v) is 18.9. The van der Waals surface area contributed by atoms with Crippen molar-refractivity contribution in [1.82, 2.24) is 9.21 Å². The van der Waals surface area contributed by atoms with Crippen LogP contribution in [0.1, 0.15) is 13.3 Å². The van der Waals surface area contributed by atoms with Gasteiger partial charge in [-0.3, -0.25) is 0 Å². The Balaban J connectivity index is 1.79. The van der Waals surface area contributed by atoms with Gasteiger partial charge >= 0.3 is 6.09 Å². The number of carbonyl (C=O) groups excluding carboxylic acids is 1. The highest BCUT2D eigenvalue weighted by Gasteiger charge is 2.39. The molecule has 0 unspecified atom stereocenters. The highest BCUT2D eigenvalue weighted by molar-refractivity contribution is 7.96. The number of rotatable bonds is 5. The van der Waals surface area contributed by atoms with Gasteiger partial charge in [-0.05, 0) is 31.5 Å². The molecule has 2 aliphatic heterocycles. The second-order valence-electron chi connectivity index (χ2n) is 7.13. The normalized spacial score (nSPS) is 22.7. The lowest BCUT2D eigenvalue weighted by atomic mass is 10.4. The Morgan fingerprint density at radius 3 is 2.30 bits per heavy atom. The molecule has 1 amide bonds. The third-order valence-corrected chi connectivity index (χ3v) is 11.2. The molecule has 10 nitrogen and oxygen atoms in total. The summed E-state index contributed by atoms with van der Waals surface area (Å²) < 4.78 is 81.1. The first-order valence-corrected chi connectivity index (χ1v) is 14.2. The number of hydrogen-bond donors (Lipinski definition) is 0. The Morgan fingerprint density at radius 1 is 1.10 bits per heavy atom. The quantitative estimate of drug-likeness (QED) is 0.579. The van der Waals surface area contributed by atoms with E-state index in [2.05, 4.69) is 0 Å². The fraction of sp³-hybridized carbons (Fsp3) is 0.588. The van der Waals surface area contributed by atoms with Gasteiger partial charge in [-0.1, -0.05) is 6.07 Å². The molecule has 0 aromatic heterocycles. The van der Waals surface area contributed by atoms with E-state index in [1.807, 2.05) is 0 Å². The largest absolute Gasteiger partial charge is 0.450 e. The van der Waals surface area contributed by atoms with Crippen LogP contribution in [0.4, 0.5) is 4.79 Å². The van der Waals surface area contributed by atoms with Crippen molar-refractivity contribution in [1.29, 1.82) is 0 Å². The van der Waals surface area contributed by atoms with Crippen LogP contribution in [-0.4, -0.2) is 90.1 Å². The van der Waals surface area contributed by atoms with Crippen molar-refractivity contribution in [3.63, 3.8) is 0 Å². The van der Waals surface area contributed by atoms with Gasteiger partial charge in [-0.2, -0.15) is 4.31 Å². The Hall–Kier alpha value is -1.70. The van der Waals surface area contributed by atoms with Crippen molar-refractivity contribution < 1.29 is 34.8 Å². The summed E-state index contributed by atoms with van der Waals surface area (Å²) in [5, 5.41) is -1.08. The van der Waals surface area contributed by atoms with Crippen LogP contribution in [0, 0.1) is 0 Å². The fourth-order valence-electron chi connectivity index (χ4n) is 3.48. The zero-order valence-electron chi connectivity index (χ0n) is 16.4. The minimum Gasteiger partial charge on any atom is -0.450 e. The molecule has 3 rings (SSSR count). The van der Waals surface area contributed by atoms with E-state index in [0.29, 0.717) is 0 Å². The zero-order chi connectivity index (χ0) is 22.2. The predicted molar refractivity (Wildman–Crippen MR) is 108 cm³/mol. The standard InChI is InChI=1S/C17H24N2O8S3/c1-2-27-17(20)18-7-9-19(10-8-18)30(25,26)15-5-3-4-14(12-15)29(23,24)16-6-11-28(21,22)13-16/h3-5,12,16H,2,6-11,13H2,1H3/t16-/m1/s1. The van der Waals surface area contributed by atoms with Gasteiger partial charge in [0, 0.05) is 26.2 Å². The van der Waals surface area contributed by atoms with Crippen molar-refractivity contribution >= 4 is 35.8 Å². The van der Waals surface area contributed by atoms with Crippen LogP contribution in [0.15, 0.2) is 34.1 Å². The third kappa shape index (κ3) is 4.63. The summed E-state index contributed by atoms with van der Waals surface area (Å²) in [6.45, 7) is 2.34. The van der Waals surface area contributed by atoms with Gasteiger partial charge in [-0.15, -0.1) is 0 Å². The molecule has 2 saturated heterocycles. The molecule has 1 aromatic carbocycles. The summed E-state index contributed by atoms with van der Waals surface area (Å²) in [5.41, 5.74) is 0. The summed E-state index contributed by atoms with van der Waals surface area (Å²) in [5.74, 6) is -0.651. The van der Waals surface area contributed by atoms with E-state index in [1.165, 1.54) is 27.4 Å². The summed E-state index contributed by atoms with van der Waals surface area (Å²) in [7, 11) is -11.4. The molecular weight excluding hydrogens is 456 g/mol. The van der Waals surface area contributed by atoms with E-state index in [4.69, 9.17) is 4.74 Å². The fourth-order valence-corrected chi connectivity index (χ4v) is 9.43. The number of piperazine rings is 1. The van der Waals surface area contributed by atoms with E-state index in [0.717, 1.165) is 6.07 Å². The number of amides is 1. The van der Waals surface area contributed by atoms with E-state index in [1.54, 1.807) is 6.92 Å². The van der Waals surface area contributed by atoms with Crippen LogP contribution < -0.4 is 0 Å². The van der Waals surface area contributed by atoms with E-state index in [-0.39, 0.29) is 54.8 Å². The highest BCUT2D eigenvalue weighted by atomic mass is 32.2. The maximum absolute atomic E-state index is 13.0. The predicted octanol–water partition coefficient (Wildman–Crippen LogP) is 0.110. The topological polar surface area (TPSA) is 135 Å². The van der Waals surface area contributed by atoms with Crippen LogP contribution in [0.3, 0.4) is 0 Å². The van der Waals surface area contributed by atoms with Gasteiger partial charge in [0.2, 0.25) is 10.0 Å². The molecule has 0 spiro atoms. The number of nitrogens with zero attached hydrogens (tertiary/aromatic N) is 2. The minimum atomic E-state index is -3.98. The van der Waals surface area contributed by atoms with Gasteiger partial charge in [0.05, 0.1) is 33.2 Å². The second-order valence-corrected chi connectivity index (χ2v) is 13.5. The molecule has 2 heterocycles. The summed E-state index contributed by atoms with van der Waals surface area (Å²) in [6.07, 6.45) is -0.508. The molecule has 0 aliphatic carbocycles. The maximum Gasteiger partial charge on any atom is 0.409 e. The van der Waals surface area contributed by atoms with E-state index < -0.39 is 46.8 Å². The molecule has 2 aliphatic rings. The molecule has 0 saturated carbocycles. The number of ether oxygens (including phenoxy) is 1. The number of benzene rings is 1. The molecule has 1 aromatic rings. The van der Waals surface area contributed by atoms with Crippen LogP contribution in [0.25, 0.3) is 0 Å². The molecule has 168 valence electrons. The number of carbonyl (C=O) groups is 1. The molecule has 1 atom stereocenters. The lowest BCUT2D eigenvalue weighted by molar-refractivity contribution is 0.0934. The minimum absolute atomic E-state index is 0.00252. The van der Waals surface area contributed by atoms with Gasteiger partial charge in [0.25, 0.3) is 0 Å². The van der Waals surface area contributed by atoms with Crippen LogP contribution >= 0.6 is 0 Å². The van der Waals surface area contributed by atoms with Crippen molar-refractivity contribution in [2.45, 2.75) is 28.4 Å². The second kappa shape index (κ2) is 8.44. The number of hydrogen-bond acceptors (Lipinski definition) is 8. The van der Waals surface area contributed by atoms with Crippen LogP contribution in [0.2, 0.25) is 0 Å². The maximum atomic E-state index is 13.0. The SMILES string of the molecule is CCOC(=O)N1CCN(S(=O)(=O)c2cccc(S(=O)(=O)[C@@H]3CCS(=O)(=O)C3)c2)CC1. The average Bonchev–Trinajstić information content (AvgIpc) is 3.09. The van der Waals surface area contributed by atoms with Crippen LogP contribution in [-0.2, 0) is 34.4 Å². The molecule has 2 fully saturated rings. The third-order valence-electron chi connectivity index (χ3n) is 5.17. The first kappa shape index (κ1) is 23.0. The summed E-state index contributed by atoms with van der Waals surface area (Å²) >= 11 is 0. The van der Waals surface area contributed by atoms with Gasteiger partial charge in [-0.25, -0.2) is 30.0 Å². The first-order valence-electron chi connectivity index (χ1n) is 9.43. The molecule has 13 heteroatoms. The monoisotopic (exact) mass is 480 g/mol. The highest BCUT2D eigenvalue weighted by Crippen LogP contribution is 2.28. The molecular formula is C17H24N2O8S3. The Bertz CT molecular complexity index is 1120. The Labute approximate surface area is 176 Å². The summed E-state index contributed by atoms with van der Waals surface area (Å²) in [6, 6.07) is 4.99. The van der Waals surface area contributed by atoms with Crippen molar-refractivity contribution in [3.05, 3.63) is 24.3 Å². The lowest BCUT2D eigenvalue weighted by Crippen LogP contribution is -2.50. The van der Waals surface area contributed by atoms with E-state index >= 15 is 0 Å². The first-order chi connectivity index (χ1) is 14.0. The average molecular weight is 481 g/mol. The van der Waals surface area contributed by atoms with Crippen molar-refractivity contribution in [2.75, 3.05) is 44.3 Å². The lowest BCUT2D eigenvalue weighted by Gasteiger charge is -2.33. The van der Waals surface area contributed by atoms with Crippen LogP contribution in [0.5, 0.6) is 0 Å². The summed E-state index contributed by atoms with van der Waals surface area (Å²) in [4.78, 5) is 12.8. The molecule has 0 N–H and O–H groups in total. The van der Waals surface area contributed by atoms with Crippen molar-refractivity contribution in [2.24, 2.45) is 0 Å². The molecule has 0 bridgehead atoms. The number of sulfone groups is 2. The number of sulfonamides is 1. The Kier molecular flexibility index (Phi) is 6.46. The smallest absolute Gasteiger partial charge is 0.409 e. The molecule has 30 heavy (non-hydrogen) atoms. The van der Waals surface area contributed by atoms with Gasteiger partial charge in [0.15, 0.2) is 19.7 Å². The Morgan fingerprint density at radius 2 is 1.73 bits per heavy atom. The van der Waals surface area contributed by atoms with Gasteiger partial charge < -0.3 is 9.64 Å². The van der Waals surface area contributed by atoms with Crippen molar-refractivity contribution in [3.8, 4) is 0 Å².